The molecule has 0 radical (unpaired) electrons. The van der Waals surface area contributed by atoms with E-state index in [4.69, 9.17) is 28.8 Å². The van der Waals surface area contributed by atoms with Crippen LogP contribution in [-0.2, 0) is 23.7 Å². The Morgan fingerprint density at radius 1 is 0.727 bits per heavy atom. The molecule has 0 aliphatic rings. The monoisotopic (exact) mass is 324 g/mol. The van der Waals surface area contributed by atoms with Crippen LogP contribution in [0, 0.1) is 0 Å². The molecular formula is C16H36O6. The van der Waals surface area contributed by atoms with Gasteiger partial charge in [-0.25, -0.2) is 0 Å². The van der Waals surface area contributed by atoms with Gasteiger partial charge < -0.3 is 28.8 Å². The first kappa shape index (κ1) is 24.0. The quantitative estimate of drug-likeness (QED) is 0.591. The fraction of sp³-hybridized carbons (Fsp3) is 1.00. The summed E-state index contributed by atoms with van der Waals surface area (Å²) in [6.07, 6.45) is 0.346. The molecule has 4 unspecified atom stereocenters. The molecule has 0 spiro atoms. The molecule has 0 aromatic rings. The van der Waals surface area contributed by atoms with Gasteiger partial charge in [0.1, 0.15) is 0 Å². The second-order valence-corrected chi connectivity index (χ2v) is 5.24. The van der Waals surface area contributed by atoms with Crippen LogP contribution < -0.4 is 0 Å². The molecule has 0 saturated heterocycles. The van der Waals surface area contributed by atoms with Crippen LogP contribution in [-0.4, -0.2) is 76.8 Å². The summed E-state index contributed by atoms with van der Waals surface area (Å²) in [6, 6.07) is 0. The molecule has 0 heterocycles. The molecule has 0 bridgehead atoms. The van der Waals surface area contributed by atoms with E-state index in [0.29, 0.717) is 26.4 Å². The molecule has 0 aliphatic carbocycles. The zero-order valence-electron chi connectivity index (χ0n) is 15.3. The summed E-state index contributed by atoms with van der Waals surface area (Å²) in [5.41, 5.74) is 0. The van der Waals surface area contributed by atoms with E-state index < -0.39 is 0 Å². The summed E-state index contributed by atoms with van der Waals surface area (Å²) >= 11 is 0. The van der Waals surface area contributed by atoms with Gasteiger partial charge in [-0.15, -0.1) is 0 Å². The van der Waals surface area contributed by atoms with Crippen molar-refractivity contribution in [3.63, 3.8) is 0 Å². The number of hydrogen-bond acceptors (Lipinski definition) is 6. The van der Waals surface area contributed by atoms with E-state index in [1.165, 1.54) is 0 Å². The maximum Gasteiger partial charge on any atom is 0.0781 e. The van der Waals surface area contributed by atoms with Gasteiger partial charge in [-0.2, -0.15) is 0 Å². The second kappa shape index (κ2) is 17.1. The third-order valence-corrected chi connectivity index (χ3v) is 2.74. The highest BCUT2D eigenvalue weighted by molar-refractivity contribution is 4.51. The van der Waals surface area contributed by atoms with E-state index in [9.17, 15) is 0 Å². The van der Waals surface area contributed by atoms with Gasteiger partial charge in [0, 0.05) is 20.8 Å². The largest absolute Gasteiger partial charge is 0.394 e. The van der Waals surface area contributed by atoms with Crippen molar-refractivity contribution in [2.24, 2.45) is 0 Å². The van der Waals surface area contributed by atoms with Gasteiger partial charge in [-0.1, -0.05) is 0 Å². The van der Waals surface area contributed by atoms with Gasteiger partial charge >= 0.3 is 0 Å². The Labute approximate surface area is 136 Å². The summed E-state index contributed by atoms with van der Waals surface area (Å²) in [5, 5.41) is 8.61. The van der Waals surface area contributed by atoms with Crippen molar-refractivity contribution in [3.05, 3.63) is 0 Å². The zero-order chi connectivity index (χ0) is 17.4. The average molecular weight is 324 g/mol. The van der Waals surface area contributed by atoms with E-state index in [1.54, 1.807) is 14.2 Å². The van der Waals surface area contributed by atoms with Crippen LogP contribution in [0.15, 0.2) is 0 Å². The Morgan fingerprint density at radius 2 is 1.23 bits per heavy atom. The molecule has 0 aliphatic heterocycles. The van der Waals surface area contributed by atoms with E-state index in [2.05, 4.69) is 0 Å². The van der Waals surface area contributed by atoms with Crippen molar-refractivity contribution in [2.45, 2.75) is 59.0 Å². The molecule has 0 aromatic heterocycles. The van der Waals surface area contributed by atoms with Gasteiger partial charge in [0.05, 0.1) is 50.8 Å². The van der Waals surface area contributed by atoms with Crippen LogP contribution in [0.4, 0.5) is 0 Å². The highest BCUT2D eigenvalue weighted by Crippen LogP contribution is 1.96. The molecule has 6 nitrogen and oxygen atoms in total. The third kappa shape index (κ3) is 17.8. The fourth-order valence-corrected chi connectivity index (χ4v) is 1.34. The number of methoxy groups -OCH3 is 2. The predicted molar refractivity (Wildman–Crippen MR) is 87.3 cm³/mol. The first-order valence-corrected chi connectivity index (χ1v) is 7.88. The summed E-state index contributed by atoms with van der Waals surface area (Å²) in [5.74, 6) is 0. The van der Waals surface area contributed by atoms with Crippen LogP contribution >= 0.6 is 0 Å². The summed E-state index contributed by atoms with van der Waals surface area (Å²) < 4.78 is 25.8. The minimum Gasteiger partial charge on any atom is -0.394 e. The molecule has 6 heteroatoms. The lowest BCUT2D eigenvalue weighted by Crippen LogP contribution is -2.22. The lowest BCUT2D eigenvalue weighted by atomic mass is 10.4. The van der Waals surface area contributed by atoms with E-state index in [-0.39, 0.29) is 31.0 Å². The number of rotatable bonds is 12. The van der Waals surface area contributed by atoms with Gasteiger partial charge in [0.25, 0.3) is 0 Å². The Hall–Kier alpha value is -0.240. The van der Waals surface area contributed by atoms with E-state index in [1.807, 2.05) is 34.6 Å². The molecule has 0 rings (SSSR count). The van der Waals surface area contributed by atoms with Crippen molar-refractivity contribution in [1.29, 1.82) is 0 Å². The van der Waals surface area contributed by atoms with Crippen molar-refractivity contribution in [2.75, 3.05) is 47.3 Å². The van der Waals surface area contributed by atoms with Crippen LogP contribution in [0.3, 0.4) is 0 Å². The van der Waals surface area contributed by atoms with Crippen LogP contribution in [0.25, 0.3) is 0 Å². The van der Waals surface area contributed by atoms with Crippen molar-refractivity contribution in [1.82, 2.24) is 0 Å². The highest BCUT2D eigenvalue weighted by Gasteiger charge is 2.05. The SMILES string of the molecule is CCOC(C)COC(C)CO.COCC(C)OCC(C)OC. The number of aliphatic hydroxyl groups excluding tert-OH is 1. The maximum atomic E-state index is 8.61. The minimum atomic E-state index is -0.0853. The number of ether oxygens (including phenoxy) is 5. The smallest absolute Gasteiger partial charge is 0.0781 e. The molecule has 22 heavy (non-hydrogen) atoms. The second-order valence-electron chi connectivity index (χ2n) is 5.24. The van der Waals surface area contributed by atoms with Gasteiger partial charge in [-0.3, -0.25) is 0 Å². The first-order chi connectivity index (χ1) is 10.4. The Bertz CT molecular complexity index is 193. The van der Waals surface area contributed by atoms with E-state index >= 15 is 0 Å². The normalized spacial score (nSPS) is 16.4. The lowest BCUT2D eigenvalue weighted by Gasteiger charge is -2.14. The molecular weight excluding hydrogens is 288 g/mol. The minimum absolute atomic E-state index is 0.0683. The van der Waals surface area contributed by atoms with Crippen LogP contribution in [0.2, 0.25) is 0 Å². The molecule has 0 saturated carbocycles. The lowest BCUT2D eigenvalue weighted by molar-refractivity contribution is -0.0424. The molecule has 0 aromatic carbocycles. The maximum absolute atomic E-state index is 8.61. The highest BCUT2D eigenvalue weighted by atomic mass is 16.6. The van der Waals surface area contributed by atoms with Gasteiger partial charge in [-0.05, 0) is 34.6 Å². The third-order valence-electron chi connectivity index (χ3n) is 2.74. The van der Waals surface area contributed by atoms with Gasteiger partial charge in [0.2, 0.25) is 0 Å². The topological polar surface area (TPSA) is 66.4 Å². The summed E-state index contributed by atoms with van der Waals surface area (Å²) in [7, 11) is 3.34. The van der Waals surface area contributed by atoms with Crippen molar-refractivity contribution in [3.8, 4) is 0 Å². The van der Waals surface area contributed by atoms with Gasteiger partial charge in [0.15, 0.2) is 0 Å². The number of hydrogen-bond donors (Lipinski definition) is 1. The Kier molecular flexibility index (Phi) is 18.7. The van der Waals surface area contributed by atoms with E-state index in [0.717, 1.165) is 0 Å². The molecule has 0 amide bonds. The predicted octanol–water partition coefficient (Wildman–Crippen LogP) is 1.88. The zero-order valence-corrected chi connectivity index (χ0v) is 15.3. The standard InChI is InChI=1S/2C8H18O3/c1-7(10-4)6-11-8(2)5-9-3;1-4-10-8(3)6-11-7(2)5-9/h7-8H,5-6H2,1-4H3;7-9H,4-6H2,1-3H3. The van der Waals surface area contributed by atoms with Crippen LogP contribution in [0.1, 0.15) is 34.6 Å². The molecule has 136 valence electrons. The average Bonchev–Trinajstić information content (AvgIpc) is 2.51. The molecule has 0 fully saturated rings. The number of aliphatic hydroxyl groups is 1. The summed E-state index contributed by atoms with van der Waals surface area (Å²) in [4.78, 5) is 0. The summed E-state index contributed by atoms with van der Waals surface area (Å²) in [6.45, 7) is 12.3. The van der Waals surface area contributed by atoms with Crippen molar-refractivity contribution < 1.29 is 28.8 Å². The van der Waals surface area contributed by atoms with Crippen molar-refractivity contribution >= 4 is 0 Å². The fourth-order valence-electron chi connectivity index (χ4n) is 1.34. The first-order valence-electron chi connectivity index (χ1n) is 7.88. The molecule has 1 N–H and O–H groups in total. The Balaban J connectivity index is 0. The Morgan fingerprint density at radius 3 is 1.68 bits per heavy atom. The van der Waals surface area contributed by atoms with Crippen LogP contribution in [0.5, 0.6) is 0 Å². The molecule has 4 atom stereocenters.